The Balaban J connectivity index is 2.75. The van der Waals surface area contributed by atoms with E-state index >= 15 is 0 Å². The van der Waals surface area contributed by atoms with Gasteiger partial charge in [-0.05, 0) is 12.8 Å². The van der Waals surface area contributed by atoms with E-state index in [2.05, 4.69) is 9.56 Å². The van der Waals surface area contributed by atoms with E-state index < -0.39 is 22.3 Å². The second kappa shape index (κ2) is 5.35. The lowest BCUT2D eigenvalue weighted by Crippen LogP contribution is -2.40. The lowest BCUT2D eigenvalue weighted by Gasteiger charge is -2.16. The number of carboxylic acid groups (broad SMARTS) is 1. The summed E-state index contributed by atoms with van der Waals surface area (Å²) in [5, 5.41) is 24.0. The Morgan fingerprint density at radius 3 is 2.72 bits per heavy atom. The summed E-state index contributed by atoms with van der Waals surface area (Å²) in [6.45, 7) is 0.176. The predicted molar refractivity (Wildman–Crippen MR) is 57.1 cm³/mol. The van der Waals surface area contributed by atoms with Gasteiger partial charge in [-0.15, -0.1) is 5.01 Å². The van der Waals surface area contributed by atoms with Crippen molar-refractivity contribution in [1.82, 2.24) is 9.31 Å². The number of rotatable bonds is 5. The molecule has 0 spiro atoms. The molecule has 1 rings (SSSR count). The van der Waals surface area contributed by atoms with Gasteiger partial charge in [-0.1, -0.05) is 0 Å². The number of hydrogen-bond acceptors (Lipinski definition) is 6. The molecule has 1 N–H and O–H groups in total. The Bertz CT molecular complexity index is 447. The van der Waals surface area contributed by atoms with E-state index in [0.717, 1.165) is 9.31 Å². The molecule has 0 saturated carbocycles. The molecule has 0 amide bonds. The summed E-state index contributed by atoms with van der Waals surface area (Å²) in [6.07, 6.45) is 0.801. The normalized spacial score (nSPS) is 21.4. The van der Waals surface area contributed by atoms with Crippen molar-refractivity contribution >= 4 is 16.3 Å². The minimum Gasteiger partial charge on any atom is -0.569 e. The molecule has 1 fully saturated rings. The average molecular weight is 282 g/mol. The van der Waals surface area contributed by atoms with Crippen LogP contribution in [0.2, 0.25) is 0 Å². The molecule has 0 aromatic rings. The molecule has 0 bridgehead atoms. The van der Waals surface area contributed by atoms with Gasteiger partial charge in [-0.2, -0.15) is 17.0 Å². The predicted octanol–water partition coefficient (Wildman–Crippen LogP) is -0.849. The molecule has 1 atom stereocenters. The average Bonchev–Trinajstić information content (AvgIpc) is 2.74. The summed E-state index contributed by atoms with van der Waals surface area (Å²) in [5.41, 5.74) is 0. The van der Waals surface area contributed by atoms with Crippen LogP contribution in [0, 0.1) is 5.21 Å². The monoisotopic (exact) mass is 282 g/mol. The summed E-state index contributed by atoms with van der Waals surface area (Å²) in [7, 11) is -1.70. The Hall–Kier alpha value is -1.62. The van der Waals surface area contributed by atoms with Gasteiger partial charge in [0.2, 0.25) is 0 Å². The van der Waals surface area contributed by atoms with Gasteiger partial charge in [0.1, 0.15) is 0 Å². The summed E-state index contributed by atoms with van der Waals surface area (Å²) in [4.78, 5) is 10.7. The molecule has 1 heterocycles. The van der Waals surface area contributed by atoms with Crippen molar-refractivity contribution in [2.24, 2.45) is 5.28 Å². The summed E-state index contributed by atoms with van der Waals surface area (Å²) in [5.74, 6) is -1.17. The first kappa shape index (κ1) is 14.4. The highest BCUT2D eigenvalue weighted by Crippen LogP contribution is 2.17. The van der Waals surface area contributed by atoms with Crippen molar-refractivity contribution < 1.29 is 27.6 Å². The van der Waals surface area contributed by atoms with E-state index in [4.69, 9.17) is 5.11 Å². The fourth-order valence-electron chi connectivity index (χ4n) is 1.39. The third-order valence-corrected chi connectivity index (χ3v) is 3.52. The quantitative estimate of drug-likeness (QED) is 0.395. The van der Waals surface area contributed by atoms with Crippen molar-refractivity contribution in [1.29, 1.82) is 0 Å². The lowest BCUT2D eigenvalue weighted by atomic mass is 10.2. The molecular weight excluding hydrogens is 268 g/mol. The number of aliphatic carboxylic acids is 1. The molecule has 104 valence electrons. The van der Waals surface area contributed by atoms with E-state index in [1.54, 1.807) is 0 Å². The van der Waals surface area contributed by atoms with Gasteiger partial charge in [0, 0.05) is 14.1 Å². The summed E-state index contributed by atoms with van der Waals surface area (Å²) < 4.78 is 27.2. The molecule has 1 aliphatic heterocycles. The van der Waals surface area contributed by atoms with E-state index in [0.29, 0.717) is 12.8 Å². The van der Waals surface area contributed by atoms with Gasteiger partial charge in [-0.25, -0.2) is 4.79 Å². The van der Waals surface area contributed by atoms with E-state index in [1.165, 1.54) is 14.1 Å². The minimum absolute atomic E-state index is 0.146. The topological polar surface area (TPSA) is 126 Å². The number of hydrazine groups is 1. The van der Waals surface area contributed by atoms with Crippen LogP contribution in [0.3, 0.4) is 0 Å². The second-order valence-electron chi connectivity index (χ2n) is 3.81. The SMILES string of the molecule is CN(C)S(=O)(=O)O/N=[N+](\[O-])N1CCCC1C(=O)O. The smallest absolute Gasteiger partial charge is 0.408 e. The van der Waals surface area contributed by atoms with Crippen LogP contribution in [0.4, 0.5) is 0 Å². The maximum absolute atomic E-state index is 11.4. The minimum atomic E-state index is -4.11. The Morgan fingerprint density at radius 2 is 2.22 bits per heavy atom. The lowest BCUT2D eigenvalue weighted by molar-refractivity contribution is -0.708. The van der Waals surface area contributed by atoms with Gasteiger partial charge >= 0.3 is 16.3 Å². The van der Waals surface area contributed by atoms with Crippen molar-refractivity contribution in [3.63, 3.8) is 0 Å². The third-order valence-electron chi connectivity index (χ3n) is 2.37. The molecule has 10 nitrogen and oxygen atoms in total. The Kier molecular flexibility index (Phi) is 4.29. The maximum atomic E-state index is 11.4. The molecule has 0 aromatic heterocycles. The van der Waals surface area contributed by atoms with Crippen LogP contribution in [0.25, 0.3) is 0 Å². The van der Waals surface area contributed by atoms with Crippen LogP contribution in [0.5, 0.6) is 0 Å². The highest BCUT2D eigenvalue weighted by atomic mass is 32.2. The summed E-state index contributed by atoms with van der Waals surface area (Å²) >= 11 is 0. The zero-order valence-corrected chi connectivity index (χ0v) is 10.7. The number of carboxylic acids is 1. The van der Waals surface area contributed by atoms with E-state index in [9.17, 15) is 18.4 Å². The van der Waals surface area contributed by atoms with Crippen LogP contribution >= 0.6 is 0 Å². The molecular formula is C7H14N4O6S. The molecule has 0 aliphatic carbocycles. The third kappa shape index (κ3) is 3.20. The number of nitrogens with zero attached hydrogens (tertiary/aromatic N) is 4. The first-order chi connectivity index (χ1) is 8.25. The molecule has 1 aliphatic rings. The first-order valence-electron chi connectivity index (χ1n) is 5.04. The van der Waals surface area contributed by atoms with Crippen molar-refractivity contribution in [3.05, 3.63) is 5.21 Å². The van der Waals surface area contributed by atoms with Gasteiger partial charge in [-0.3, -0.25) is 0 Å². The van der Waals surface area contributed by atoms with Crippen LogP contribution < -0.4 is 0 Å². The second-order valence-corrected chi connectivity index (χ2v) is 5.54. The fraction of sp³-hybridized carbons (Fsp3) is 0.857. The molecule has 0 radical (unpaired) electrons. The Morgan fingerprint density at radius 1 is 1.61 bits per heavy atom. The summed E-state index contributed by atoms with van der Waals surface area (Å²) in [6, 6.07) is -1.02. The highest BCUT2D eigenvalue weighted by molar-refractivity contribution is 7.84. The van der Waals surface area contributed by atoms with Crippen LogP contribution in [-0.4, -0.2) is 60.5 Å². The fourth-order valence-corrected chi connectivity index (χ4v) is 1.67. The van der Waals surface area contributed by atoms with Gasteiger partial charge in [0.15, 0.2) is 6.04 Å². The maximum Gasteiger partial charge on any atom is 0.408 e. The first-order valence-corrected chi connectivity index (χ1v) is 6.41. The molecule has 1 saturated heterocycles. The van der Waals surface area contributed by atoms with Gasteiger partial charge < -0.3 is 10.3 Å². The van der Waals surface area contributed by atoms with Crippen LogP contribution in [0.1, 0.15) is 12.8 Å². The van der Waals surface area contributed by atoms with E-state index in [-0.39, 0.29) is 11.5 Å². The van der Waals surface area contributed by atoms with Gasteiger partial charge in [0.05, 0.1) is 11.5 Å². The molecule has 0 aromatic carbocycles. The zero-order valence-electron chi connectivity index (χ0n) is 9.88. The van der Waals surface area contributed by atoms with Gasteiger partial charge in [0.25, 0.3) is 5.28 Å². The van der Waals surface area contributed by atoms with Crippen LogP contribution in [0.15, 0.2) is 5.28 Å². The Labute approximate surface area is 104 Å². The molecule has 11 heteroatoms. The van der Waals surface area contributed by atoms with Crippen molar-refractivity contribution in [2.75, 3.05) is 20.6 Å². The van der Waals surface area contributed by atoms with Crippen LogP contribution in [-0.2, 0) is 19.4 Å². The van der Waals surface area contributed by atoms with Crippen molar-refractivity contribution in [2.45, 2.75) is 18.9 Å². The number of carbonyl (C=O) groups is 1. The zero-order chi connectivity index (χ0) is 13.9. The van der Waals surface area contributed by atoms with E-state index in [1.807, 2.05) is 0 Å². The standard InChI is InChI=1S/C7H14N4O6S/c1-9(2)18(15,16)17-8-11(14)10-5-3-4-6(10)7(12)13/h6H,3-5H2,1-2H3,(H,12,13)/b11-8-. The largest absolute Gasteiger partial charge is 0.569 e. The number of hydrogen-bond donors (Lipinski definition) is 1. The molecule has 18 heavy (non-hydrogen) atoms. The van der Waals surface area contributed by atoms with Crippen molar-refractivity contribution in [3.8, 4) is 0 Å². The highest BCUT2D eigenvalue weighted by Gasteiger charge is 2.37. The molecule has 1 unspecified atom stereocenters.